The smallest absolute Gasteiger partial charge is 0.236 e. The number of carbonyl (C=O) groups excluding carboxylic acids is 1. The van der Waals surface area contributed by atoms with Crippen LogP contribution in [0.4, 0.5) is 0 Å². The number of hydrogen-bond acceptors (Lipinski definition) is 4. The number of hydrogen-bond donors (Lipinski definition) is 1. The van der Waals surface area contributed by atoms with E-state index in [-0.39, 0.29) is 5.91 Å². The predicted molar refractivity (Wildman–Crippen MR) is 86.5 cm³/mol. The van der Waals surface area contributed by atoms with Crippen LogP contribution in [-0.2, 0) is 9.53 Å². The van der Waals surface area contributed by atoms with Crippen LogP contribution in [0.25, 0.3) is 0 Å². The molecule has 5 heteroatoms. The van der Waals surface area contributed by atoms with Crippen LogP contribution in [0.3, 0.4) is 0 Å². The lowest BCUT2D eigenvalue weighted by Gasteiger charge is -2.32. The predicted octanol–water partition coefficient (Wildman–Crippen LogP) is 1.33. The number of ether oxygens (including phenoxy) is 1. The van der Waals surface area contributed by atoms with Gasteiger partial charge in [-0.05, 0) is 46.1 Å². The lowest BCUT2D eigenvalue weighted by atomic mass is 10.0. The number of amides is 1. The van der Waals surface area contributed by atoms with Gasteiger partial charge in [-0.25, -0.2) is 0 Å². The van der Waals surface area contributed by atoms with Crippen molar-refractivity contribution in [1.82, 2.24) is 15.1 Å². The minimum atomic E-state index is 0.201. The third kappa shape index (κ3) is 8.39. The Balaban J connectivity index is 2.02. The van der Waals surface area contributed by atoms with Crippen molar-refractivity contribution in [2.45, 2.75) is 51.7 Å². The highest BCUT2D eigenvalue weighted by atomic mass is 16.5. The van der Waals surface area contributed by atoms with Crippen LogP contribution in [0, 0.1) is 0 Å². The molecule has 0 bridgehead atoms. The summed E-state index contributed by atoms with van der Waals surface area (Å²) in [6.07, 6.45) is 4.92. The summed E-state index contributed by atoms with van der Waals surface area (Å²) in [6, 6.07) is 0.613. The molecule has 0 spiro atoms. The average Bonchev–Trinajstić information content (AvgIpc) is 2.44. The maximum atomic E-state index is 11.7. The Bertz CT molecular complexity index is 287. The summed E-state index contributed by atoms with van der Waals surface area (Å²) in [7, 11) is 3.64. The SMILES string of the molecule is CC(C)OCCCCNC1CCN(CC(=O)N(C)C)CC1. The molecule has 0 radical (unpaired) electrons. The van der Waals surface area contributed by atoms with Gasteiger partial charge >= 0.3 is 0 Å². The van der Waals surface area contributed by atoms with Crippen LogP contribution < -0.4 is 5.32 Å². The molecule has 1 aliphatic rings. The van der Waals surface area contributed by atoms with Gasteiger partial charge in [0.05, 0.1) is 12.6 Å². The summed E-state index contributed by atoms with van der Waals surface area (Å²) < 4.78 is 5.53. The maximum absolute atomic E-state index is 11.7. The van der Waals surface area contributed by atoms with E-state index >= 15 is 0 Å². The third-order valence-corrected chi connectivity index (χ3v) is 3.90. The summed E-state index contributed by atoms with van der Waals surface area (Å²) in [4.78, 5) is 15.6. The van der Waals surface area contributed by atoms with Crippen molar-refractivity contribution in [3.8, 4) is 0 Å². The first-order valence-electron chi connectivity index (χ1n) is 8.26. The zero-order chi connectivity index (χ0) is 15.7. The number of likely N-dealkylation sites (N-methyl/N-ethyl adjacent to an activating group) is 1. The fraction of sp³-hybridized carbons (Fsp3) is 0.938. The number of nitrogens with one attached hydrogen (secondary N) is 1. The molecule has 21 heavy (non-hydrogen) atoms. The Morgan fingerprint density at radius 2 is 1.95 bits per heavy atom. The van der Waals surface area contributed by atoms with Gasteiger partial charge in [0.25, 0.3) is 0 Å². The molecule has 124 valence electrons. The first-order valence-corrected chi connectivity index (χ1v) is 8.26. The van der Waals surface area contributed by atoms with Crippen LogP contribution in [0.1, 0.15) is 39.5 Å². The minimum absolute atomic E-state index is 0.201. The average molecular weight is 299 g/mol. The third-order valence-electron chi connectivity index (χ3n) is 3.90. The molecule has 0 unspecified atom stereocenters. The molecule has 0 aromatic carbocycles. The summed E-state index contributed by atoms with van der Waals surface area (Å²) in [5.74, 6) is 0.201. The van der Waals surface area contributed by atoms with Gasteiger partial charge in [-0.15, -0.1) is 0 Å². The van der Waals surface area contributed by atoms with Gasteiger partial charge in [0, 0.05) is 39.8 Å². The van der Waals surface area contributed by atoms with Crippen molar-refractivity contribution < 1.29 is 9.53 Å². The van der Waals surface area contributed by atoms with Crippen LogP contribution in [-0.4, -0.2) is 74.7 Å². The van der Waals surface area contributed by atoms with Gasteiger partial charge in [0.1, 0.15) is 0 Å². The molecule has 0 atom stereocenters. The molecule has 0 aromatic heterocycles. The molecule has 0 saturated carbocycles. The maximum Gasteiger partial charge on any atom is 0.236 e. The molecular weight excluding hydrogens is 266 g/mol. The quantitative estimate of drug-likeness (QED) is 0.653. The second kappa shape index (κ2) is 10.1. The Kier molecular flexibility index (Phi) is 8.88. The van der Waals surface area contributed by atoms with Crippen molar-refractivity contribution in [2.24, 2.45) is 0 Å². The highest BCUT2D eigenvalue weighted by molar-refractivity contribution is 5.77. The van der Waals surface area contributed by atoms with Gasteiger partial charge < -0.3 is 15.0 Å². The van der Waals surface area contributed by atoms with Gasteiger partial charge in [0.2, 0.25) is 5.91 Å². The number of rotatable bonds is 9. The molecule has 1 saturated heterocycles. The van der Waals surface area contributed by atoms with E-state index in [1.165, 1.54) is 6.42 Å². The summed E-state index contributed by atoms with van der Waals surface area (Å²) in [6.45, 7) is 8.70. The first-order chi connectivity index (χ1) is 9.99. The number of nitrogens with zero attached hydrogens (tertiary/aromatic N) is 2. The Hall–Kier alpha value is -0.650. The van der Waals surface area contributed by atoms with Crippen molar-refractivity contribution in [1.29, 1.82) is 0 Å². The van der Waals surface area contributed by atoms with E-state index in [4.69, 9.17) is 4.74 Å². The zero-order valence-corrected chi connectivity index (χ0v) is 14.2. The van der Waals surface area contributed by atoms with Crippen molar-refractivity contribution >= 4 is 5.91 Å². The van der Waals surface area contributed by atoms with E-state index in [1.54, 1.807) is 4.90 Å². The number of piperidine rings is 1. The molecule has 1 heterocycles. The molecule has 1 aliphatic heterocycles. The second-order valence-corrected chi connectivity index (χ2v) is 6.42. The fourth-order valence-electron chi connectivity index (χ4n) is 2.48. The normalized spacial score (nSPS) is 17.4. The van der Waals surface area contributed by atoms with Gasteiger partial charge in [-0.2, -0.15) is 0 Å². The lowest BCUT2D eigenvalue weighted by molar-refractivity contribution is -0.130. The molecule has 5 nitrogen and oxygen atoms in total. The fourth-order valence-corrected chi connectivity index (χ4v) is 2.48. The Morgan fingerprint density at radius 3 is 2.52 bits per heavy atom. The number of carbonyl (C=O) groups is 1. The Labute approximate surface area is 130 Å². The van der Waals surface area contributed by atoms with E-state index < -0.39 is 0 Å². The molecule has 1 rings (SSSR count). The summed E-state index contributed by atoms with van der Waals surface area (Å²) >= 11 is 0. The molecule has 0 aliphatic carbocycles. The summed E-state index contributed by atoms with van der Waals surface area (Å²) in [5.41, 5.74) is 0. The van der Waals surface area contributed by atoms with E-state index in [2.05, 4.69) is 24.1 Å². The van der Waals surface area contributed by atoms with Crippen molar-refractivity contribution in [3.63, 3.8) is 0 Å². The second-order valence-electron chi connectivity index (χ2n) is 6.42. The highest BCUT2D eigenvalue weighted by Gasteiger charge is 2.20. The van der Waals surface area contributed by atoms with Gasteiger partial charge in [0.15, 0.2) is 0 Å². The van der Waals surface area contributed by atoms with Gasteiger partial charge in [-0.3, -0.25) is 9.69 Å². The molecule has 0 aromatic rings. The van der Waals surface area contributed by atoms with Crippen LogP contribution in [0.2, 0.25) is 0 Å². The molecule has 1 N–H and O–H groups in total. The van der Waals surface area contributed by atoms with E-state index in [9.17, 15) is 4.79 Å². The monoisotopic (exact) mass is 299 g/mol. The number of likely N-dealkylation sites (tertiary alicyclic amines) is 1. The first kappa shape index (κ1) is 18.4. The molecule has 1 fully saturated rings. The molecule has 1 amide bonds. The van der Waals surface area contributed by atoms with Crippen molar-refractivity contribution in [3.05, 3.63) is 0 Å². The molecular formula is C16H33N3O2. The topological polar surface area (TPSA) is 44.8 Å². The van der Waals surface area contributed by atoms with E-state index in [0.717, 1.165) is 45.5 Å². The van der Waals surface area contributed by atoms with Gasteiger partial charge in [-0.1, -0.05) is 0 Å². The van der Waals surface area contributed by atoms with E-state index in [1.807, 2.05) is 14.1 Å². The summed E-state index contributed by atoms with van der Waals surface area (Å²) in [5, 5.41) is 3.63. The van der Waals surface area contributed by atoms with Crippen LogP contribution >= 0.6 is 0 Å². The number of unbranched alkanes of at least 4 members (excludes halogenated alkanes) is 1. The zero-order valence-electron chi connectivity index (χ0n) is 14.2. The standard InChI is InChI=1S/C16H33N3O2/c1-14(2)21-12-6-5-9-17-15-7-10-19(11-8-15)13-16(20)18(3)4/h14-15,17H,5-13H2,1-4H3. The Morgan fingerprint density at radius 1 is 1.29 bits per heavy atom. The van der Waals surface area contributed by atoms with Crippen molar-refractivity contribution in [2.75, 3.05) is 46.9 Å². The largest absolute Gasteiger partial charge is 0.379 e. The lowest BCUT2D eigenvalue weighted by Crippen LogP contribution is -2.46. The van der Waals surface area contributed by atoms with Crippen LogP contribution in [0.5, 0.6) is 0 Å². The van der Waals surface area contributed by atoms with E-state index in [0.29, 0.717) is 18.7 Å². The minimum Gasteiger partial charge on any atom is -0.379 e. The highest BCUT2D eigenvalue weighted by Crippen LogP contribution is 2.10. The van der Waals surface area contributed by atoms with Crippen LogP contribution in [0.15, 0.2) is 0 Å².